The Bertz CT molecular complexity index is 647. The number of anilines is 2. The summed E-state index contributed by atoms with van der Waals surface area (Å²) in [5.41, 5.74) is 8.18. The van der Waals surface area contributed by atoms with Crippen molar-refractivity contribution in [3.63, 3.8) is 0 Å². The standard InChI is InChI=1S/C12H14N4O2S/c1-14-11(17)9-3-2-7(13)4-10(9)15-5-8-6-19-12(18)16-8/h2-4,6,15H,5,13H2,1H3,(H,14,17)(H,16,18). The zero-order valence-electron chi connectivity index (χ0n) is 10.3. The van der Waals surface area contributed by atoms with E-state index in [1.807, 2.05) is 0 Å². The zero-order valence-corrected chi connectivity index (χ0v) is 11.1. The largest absolute Gasteiger partial charge is 0.399 e. The van der Waals surface area contributed by atoms with Gasteiger partial charge in [0.25, 0.3) is 5.91 Å². The maximum Gasteiger partial charge on any atom is 0.304 e. The van der Waals surface area contributed by atoms with Gasteiger partial charge in [0.2, 0.25) is 0 Å². The molecule has 0 fully saturated rings. The molecule has 100 valence electrons. The van der Waals surface area contributed by atoms with E-state index in [4.69, 9.17) is 5.73 Å². The molecule has 1 aromatic carbocycles. The first-order chi connectivity index (χ1) is 9.10. The van der Waals surface area contributed by atoms with Gasteiger partial charge in [-0.15, -0.1) is 0 Å². The summed E-state index contributed by atoms with van der Waals surface area (Å²) >= 11 is 1.10. The first-order valence-electron chi connectivity index (χ1n) is 5.62. The number of benzene rings is 1. The van der Waals surface area contributed by atoms with E-state index in [9.17, 15) is 9.59 Å². The van der Waals surface area contributed by atoms with Crippen molar-refractivity contribution in [2.45, 2.75) is 6.54 Å². The maximum atomic E-state index is 11.7. The minimum Gasteiger partial charge on any atom is -0.399 e. The van der Waals surface area contributed by atoms with E-state index in [1.165, 1.54) is 0 Å². The van der Waals surface area contributed by atoms with Crippen LogP contribution in [0.4, 0.5) is 11.4 Å². The smallest absolute Gasteiger partial charge is 0.304 e. The second-order valence-electron chi connectivity index (χ2n) is 3.91. The highest BCUT2D eigenvalue weighted by Crippen LogP contribution is 2.19. The second-order valence-corrected chi connectivity index (χ2v) is 4.75. The predicted octanol–water partition coefficient (Wildman–Crippen LogP) is 0.990. The van der Waals surface area contributed by atoms with Crippen molar-refractivity contribution in [2.24, 2.45) is 0 Å². The lowest BCUT2D eigenvalue weighted by Gasteiger charge is -2.11. The van der Waals surface area contributed by atoms with Crippen LogP contribution in [0.25, 0.3) is 0 Å². The number of nitrogens with two attached hydrogens (primary N) is 1. The minimum absolute atomic E-state index is 0.101. The lowest BCUT2D eigenvalue weighted by atomic mass is 10.1. The third-order valence-corrected chi connectivity index (χ3v) is 3.27. The second kappa shape index (κ2) is 5.57. The molecule has 0 unspecified atom stereocenters. The van der Waals surface area contributed by atoms with E-state index in [0.717, 1.165) is 17.0 Å². The molecule has 1 amide bonds. The first-order valence-corrected chi connectivity index (χ1v) is 6.50. The van der Waals surface area contributed by atoms with Crippen LogP contribution in [0.5, 0.6) is 0 Å². The van der Waals surface area contributed by atoms with E-state index in [2.05, 4.69) is 15.6 Å². The number of carbonyl (C=O) groups excluding carboxylic acids is 1. The number of amides is 1. The van der Waals surface area contributed by atoms with Crippen LogP contribution in [0.3, 0.4) is 0 Å². The number of nitrogens with one attached hydrogen (secondary N) is 3. The monoisotopic (exact) mass is 278 g/mol. The Morgan fingerprint density at radius 3 is 2.89 bits per heavy atom. The molecule has 19 heavy (non-hydrogen) atoms. The average molecular weight is 278 g/mol. The number of hydrogen-bond acceptors (Lipinski definition) is 5. The lowest BCUT2D eigenvalue weighted by molar-refractivity contribution is 0.0964. The van der Waals surface area contributed by atoms with Gasteiger partial charge in [-0.2, -0.15) is 0 Å². The van der Waals surface area contributed by atoms with Crippen molar-refractivity contribution in [2.75, 3.05) is 18.1 Å². The number of rotatable bonds is 4. The highest BCUT2D eigenvalue weighted by Gasteiger charge is 2.10. The molecule has 0 radical (unpaired) electrons. The predicted molar refractivity (Wildman–Crippen MR) is 76.5 cm³/mol. The summed E-state index contributed by atoms with van der Waals surface area (Å²) in [6, 6.07) is 5.02. The third-order valence-electron chi connectivity index (χ3n) is 2.56. The zero-order chi connectivity index (χ0) is 13.8. The highest BCUT2D eigenvalue weighted by atomic mass is 32.1. The van der Waals surface area contributed by atoms with Crippen molar-refractivity contribution in [3.05, 3.63) is 44.5 Å². The number of carbonyl (C=O) groups is 1. The van der Waals surface area contributed by atoms with Crippen LogP contribution in [0, 0.1) is 0 Å². The molecule has 0 saturated heterocycles. The molecular formula is C12H14N4O2S. The van der Waals surface area contributed by atoms with Crippen LogP contribution < -0.4 is 21.2 Å². The first kappa shape index (κ1) is 13.2. The summed E-state index contributed by atoms with van der Waals surface area (Å²) < 4.78 is 0. The summed E-state index contributed by atoms with van der Waals surface area (Å²) in [5, 5.41) is 7.40. The SMILES string of the molecule is CNC(=O)c1ccc(N)cc1NCc1csc(=O)[nH]1. The number of thiazole rings is 1. The van der Waals surface area contributed by atoms with Crippen LogP contribution in [-0.2, 0) is 6.54 Å². The van der Waals surface area contributed by atoms with Gasteiger partial charge in [0.05, 0.1) is 12.1 Å². The minimum atomic E-state index is -0.193. The molecule has 0 atom stereocenters. The van der Waals surface area contributed by atoms with Crippen molar-refractivity contribution in [1.29, 1.82) is 0 Å². The highest BCUT2D eigenvalue weighted by molar-refractivity contribution is 7.07. The molecular weight excluding hydrogens is 264 g/mol. The number of aromatic nitrogens is 1. The fraction of sp³-hybridized carbons (Fsp3) is 0.167. The van der Waals surface area contributed by atoms with Crippen LogP contribution in [0.15, 0.2) is 28.4 Å². The summed E-state index contributed by atoms with van der Waals surface area (Å²) in [4.78, 5) is 25.3. The topological polar surface area (TPSA) is 100 Å². The number of nitrogen functional groups attached to an aromatic ring is 1. The Morgan fingerprint density at radius 2 is 2.26 bits per heavy atom. The fourth-order valence-electron chi connectivity index (χ4n) is 1.63. The molecule has 6 nitrogen and oxygen atoms in total. The fourth-order valence-corrected chi connectivity index (χ4v) is 2.21. The molecule has 2 rings (SSSR count). The summed E-state index contributed by atoms with van der Waals surface area (Å²) in [6.07, 6.45) is 0. The Kier molecular flexibility index (Phi) is 3.86. The molecule has 5 N–H and O–H groups in total. The summed E-state index contributed by atoms with van der Waals surface area (Å²) in [5.74, 6) is -0.193. The van der Waals surface area contributed by atoms with Crippen molar-refractivity contribution in [1.82, 2.24) is 10.3 Å². The van der Waals surface area contributed by atoms with Gasteiger partial charge in [-0.3, -0.25) is 9.59 Å². The molecule has 0 aliphatic rings. The normalized spacial score (nSPS) is 10.2. The third kappa shape index (κ3) is 3.14. The van der Waals surface area contributed by atoms with Gasteiger partial charge >= 0.3 is 4.87 Å². The molecule has 0 aliphatic carbocycles. The molecule has 0 spiro atoms. The van der Waals surface area contributed by atoms with Crippen LogP contribution in [0.2, 0.25) is 0 Å². The van der Waals surface area contributed by atoms with Crippen molar-refractivity contribution < 1.29 is 4.79 Å². The number of H-pyrrole nitrogens is 1. The number of hydrogen-bond donors (Lipinski definition) is 4. The van der Waals surface area contributed by atoms with E-state index < -0.39 is 0 Å². The number of aromatic amines is 1. The Hall–Kier alpha value is -2.28. The van der Waals surface area contributed by atoms with Crippen molar-refractivity contribution >= 4 is 28.6 Å². The van der Waals surface area contributed by atoms with Gasteiger partial charge in [0, 0.05) is 29.5 Å². The summed E-state index contributed by atoms with van der Waals surface area (Å²) in [7, 11) is 1.57. The molecule has 0 bridgehead atoms. The van der Waals surface area contributed by atoms with Gasteiger partial charge in [-0.25, -0.2) is 0 Å². The van der Waals surface area contributed by atoms with Gasteiger partial charge in [-0.05, 0) is 18.2 Å². The van der Waals surface area contributed by atoms with Crippen LogP contribution in [0.1, 0.15) is 16.1 Å². The molecule has 2 aromatic rings. The molecule has 1 heterocycles. The Labute approximate surface area is 113 Å². The van der Waals surface area contributed by atoms with Gasteiger partial charge in [-0.1, -0.05) is 11.3 Å². The van der Waals surface area contributed by atoms with Gasteiger partial charge in [0.15, 0.2) is 0 Å². The quantitative estimate of drug-likeness (QED) is 0.627. The van der Waals surface area contributed by atoms with Gasteiger partial charge in [0.1, 0.15) is 0 Å². The molecule has 1 aromatic heterocycles. The Balaban J connectivity index is 2.20. The summed E-state index contributed by atoms with van der Waals surface area (Å²) in [6.45, 7) is 0.423. The molecule has 0 aliphatic heterocycles. The molecule has 7 heteroatoms. The van der Waals surface area contributed by atoms with E-state index in [-0.39, 0.29) is 10.8 Å². The van der Waals surface area contributed by atoms with E-state index in [1.54, 1.807) is 30.6 Å². The molecule has 0 saturated carbocycles. The average Bonchev–Trinajstić information content (AvgIpc) is 2.81. The van der Waals surface area contributed by atoms with Crippen LogP contribution in [-0.4, -0.2) is 17.9 Å². The lowest BCUT2D eigenvalue weighted by Crippen LogP contribution is -2.19. The van der Waals surface area contributed by atoms with Gasteiger partial charge < -0.3 is 21.4 Å². The maximum absolute atomic E-state index is 11.7. The van der Waals surface area contributed by atoms with Crippen molar-refractivity contribution in [3.8, 4) is 0 Å². The van der Waals surface area contributed by atoms with E-state index >= 15 is 0 Å². The Morgan fingerprint density at radius 1 is 1.47 bits per heavy atom. The van der Waals surface area contributed by atoms with Crippen LogP contribution >= 0.6 is 11.3 Å². The van der Waals surface area contributed by atoms with E-state index in [0.29, 0.717) is 23.5 Å².